The Morgan fingerprint density at radius 1 is 0.628 bits per heavy atom. The average molecular weight is 769 g/mol. The van der Waals surface area contributed by atoms with Crippen LogP contribution in [0.5, 0.6) is 0 Å². The first-order valence-corrected chi connectivity index (χ1v) is 14.9. The second-order valence-electron chi connectivity index (χ2n) is 9.41. The van der Waals surface area contributed by atoms with Gasteiger partial charge in [0.25, 0.3) is 0 Å². The zero-order valence-electron chi connectivity index (χ0n) is 26.1. The Labute approximate surface area is 275 Å². The van der Waals surface area contributed by atoms with Gasteiger partial charge in [-0.2, -0.15) is 42.3 Å². The summed E-state index contributed by atoms with van der Waals surface area (Å²) in [4.78, 5) is 0.0784. The summed E-state index contributed by atoms with van der Waals surface area (Å²) in [5.74, 6) is 0. The molecule has 0 amide bonds. The van der Waals surface area contributed by atoms with Crippen LogP contribution in [0.3, 0.4) is 0 Å². The van der Waals surface area contributed by atoms with Crippen LogP contribution in [0.2, 0.25) is 0 Å². The van der Waals surface area contributed by atoms with Gasteiger partial charge in [-0.05, 0) is 31.0 Å². The van der Waals surface area contributed by atoms with Gasteiger partial charge in [0.2, 0.25) is 0 Å². The van der Waals surface area contributed by atoms with Crippen molar-refractivity contribution in [3.63, 3.8) is 0 Å². The van der Waals surface area contributed by atoms with Crippen molar-refractivity contribution in [3.8, 4) is 0 Å². The smallest absolute Gasteiger partial charge is 0.844 e. The molecule has 7 nitrogen and oxygen atoms in total. The van der Waals surface area contributed by atoms with Gasteiger partial charge in [0.05, 0.1) is 0 Å². The van der Waals surface area contributed by atoms with Gasteiger partial charge in [0, 0.05) is 4.90 Å². The van der Waals surface area contributed by atoms with Crippen LogP contribution < -0.4 is 5.11 Å². The molecule has 0 aliphatic heterocycles. The van der Waals surface area contributed by atoms with Crippen LogP contribution >= 0.6 is 0 Å². The minimum absolute atomic E-state index is 0. The molecule has 9 heteroatoms. The molecule has 0 bridgehead atoms. The van der Waals surface area contributed by atoms with E-state index in [0.717, 1.165) is 11.1 Å². The Bertz CT molecular complexity index is 1300. The van der Waals surface area contributed by atoms with Crippen molar-refractivity contribution >= 4 is 10.0 Å². The molecule has 0 spiro atoms. The molecule has 0 aromatic heterocycles. The van der Waals surface area contributed by atoms with Crippen LogP contribution in [0.1, 0.15) is 22.3 Å². The maximum Gasteiger partial charge on any atom is 5.00 e. The SMILES string of the molecule is C[N-]C.C[N-]C.C[N-]C.Cc1ccc(S(=O)(=O)[N-][C@@H](Cc2ccccc2)C([O-])(c2ccccc2)c2ccccc2)cc1.[Ta+5]. The van der Waals surface area contributed by atoms with Gasteiger partial charge in [-0.3, -0.25) is 0 Å². The van der Waals surface area contributed by atoms with E-state index in [1.807, 2.05) is 49.4 Å². The Morgan fingerprint density at radius 2 is 0.977 bits per heavy atom. The van der Waals surface area contributed by atoms with Crippen LogP contribution in [0.15, 0.2) is 120 Å². The standard InChI is InChI=1S/C28H25NO3S.3C2H6N.Ta/c1-22-17-19-26(20-18-22)33(31,32)29-27(21-23-11-5-2-6-12-23)28(30,24-13-7-3-8-14-24)25-15-9-4-10-16-25;3*1-3-2;/h2-20,27H,21H2,1H3;3*1-2H3;/q-2;3*-1;+5/t27-;;;;/m0..../s1. The van der Waals surface area contributed by atoms with Gasteiger partial charge < -0.3 is 25.8 Å². The predicted molar refractivity (Wildman–Crippen MR) is 175 cm³/mol. The number of hydrogen-bond donors (Lipinski definition) is 0. The van der Waals surface area contributed by atoms with E-state index in [1.54, 1.807) is 103 Å². The molecule has 0 fully saturated rings. The first-order valence-electron chi connectivity index (χ1n) is 13.5. The Kier molecular flexibility index (Phi) is 20.6. The van der Waals surface area contributed by atoms with E-state index in [2.05, 4.69) is 20.7 Å². The molecule has 0 saturated heterocycles. The number of benzene rings is 4. The van der Waals surface area contributed by atoms with Crippen molar-refractivity contribution in [1.29, 1.82) is 0 Å². The molecule has 4 aromatic carbocycles. The Balaban J connectivity index is 0.00000157. The maximum absolute atomic E-state index is 14.8. The molecule has 0 radical (unpaired) electrons. The average Bonchev–Trinajstić information content (AvgIpc) is 2.99. The van der Waals surface area contributed by atoms with E-state index < -0.39 is 21.7 Å². The van der Waals surface area contributed by atoms with E-state index in [-0.39, 0.29) is 33.7 Å². The Morgan fingerprint density at radius 3 is 1.35 bits per heavy atom. The van der Waals surface area contributed by atoms with Crippen LogP contribution in [-0.4, -0.2) is 56.7 Å². The predicted octanol–water partition coefficient (Wildman–Crippen LogP) is 6.83. The fourth-order valence-electron chi connectivity index (χ4n) is 3.95. The normalized spacial score (nSPS) is 11.2. The molecule has 43 heavy (non-hydrogen) atoms. The molecule has 0 saturated carbocycles. The number of sulfonamides is 1. The van der Waals surface area contributed by atoms with Crippen LogP contribution in [0, 0.1) is 6.92 Å². The molecular formula is C34H43N4O3STa. The van der Waals surface area contributed by atoms with Crippen molar-refractivity contribution in [3.05, 3.63) is 158 Å². The second-order valence-corrected chi connectivity index (χ2v) is 11.0. The molecule has 4 rings (SSSR count). The summed E-state index contributed by atoms with van der Waals surface area (Å²) in [6.45, 7) is 1.89. The molecule has 0 aliphatic carbocycles. The number of nitrogens with zero attached hydrogens (tertiary/aromatic N) is 4. The third-order valence-electron chi connectivity index (χ3n) is 5.73. The molecule has 4 aromatic rings. The van der Waals surface area contributed by atoms with Gasteiger partial charge in [-0.1, -0.05) is 125 Å². The first kappa shape index (κ1) is 40.4. The van der Waals surface area contributed by atoms with E-state index in [4.69, 9.17) is 0 Å². The second kappa shape index (κ2) is 22.0. The first-order chi connectivity index (χ1) is 20.1. The van der Waals surface area contributed by atoms with Gasteiger partial charge in [0.1, 0.15) is 10.0 Å². The number of hydrogen-bond acceptors (Lipinski definition) is 3. The molecule has 0 aliphatic rings. The summed E-state index contributed by atoms with van der Waals surface area (Å²) in [5.41, 5.74) is 0.829. The summed E-state index contributed by atoms with van der Waals surface area (Å²) in [6, 6.07) is 32.6. The van der Waals surface area contributed by atoms with Gasteiger partial charge in [0.15, 0.2) is 0 Å². The minimum Gasteiger partial charge on any atom is -0.844 e. The zero-order valence-corrected chi connectivity index (χ0v) is 30.2. The quantitative estimate of drug-likeness (QED) is 0.196. The molecule has 0 heterocycles. The summed E-state index contributed by atoms with van der Waals surface area (Å²) in [7, 11) is 6.43. The molecular weight excluding hydrogens is 725 g/mol. The third-order valence-corrected chi connectivity index (χ3v) is 7.13. The minimum atomic E-state index is -4.07. The van der Waals surface area contributed by atoms with Crippen LogP contribution in [0.4, 0.5) is 0 Å². The summed E-state index contributed by atoms with van der Waals surface area (Å²) in [5, 5.41) is 25.3. The van der Waals surface area contributed by atoms with E-state index in [1.165, 1.54) is 12.1 Å². The largest absolute Gasteiger partial charge is 5.00 e. The van der Waals surface area contributed by atoms with Gasteiger partial charge in [-0.25, -0.2) is 8.42 Å². The summed E-state index contributed by atoms with van der Waals surface area (Å²) in [6.07, 6.45) is 0.180. The summed E-state index contributed by atoms with van der Waals surface area (Å²) >= 11 is 0. The maximum atomic E-state index is 14.8. The summed E-state index contributed by atoms with van der Waals surface area (Å²) < 4.78 is 31.0. The third kappa shape index (κ3) is 13.3. The topological polar surface area (TPSA) is 114 Å². The molecule has 1 atom stereocenters. The van der Waals surface area contributed by atoms with Crippen molar-refractivity contribution in [2.45, 2.75) is 29.9 Å². The van der Waals surface area contributed by atoms with E-state index in [0.29, 0.717) is 11.1 Å². The number of rotatable bonds is 8. The monoisotopic (exact) mass is 768 g/mol. The Hall–Kier alpha value is -2.63. The van der Waals surface area contributed by atoms with E-state index >= 15 is 0 Å². The molecule has 0 unspecified atom stereocenters. The van der Waals surface area contributed by atoms with E-state index in [9.17, 15) is 13.5 Å². The fourth-order valence-corrected chi connectivity index (χ4v) is 5.11. The molecule has 0 N–H and O–H groups in total. The zero-order chi connectivity index (χ0) is 31.4. The van der Waals surface area contributed by atoms with Crippen molar-refractivity contribution in [2.24, 2.45) is 0 Å². The fraction of sp³-hybridized carbons (Fsp3) is 0.294. The van der Waals surface area contributed by atoms with Gasteiger partial charge in [-0.15, -0.1) is 6.04 Å². The van der Waals surface area contributed by atoms with Crippen LogP contribution in [-0.2, 0) is 44.4 Å². The van der Waals surface area contributed by atoms with Gasteiger partial charge >= 0.3 is 22.4 Å². The van der Waals surface area contributed by atoms with Crippen molar-refractivity contribution < 1.29 is 35.9 Å². The van der Waals surface area contributed by atoms with Crippen molar-refractivity contribution in [2.75, 3.05) is 42.3 Å². The number of aryl methyl sites for hydroxylation is 1. The van der Waals surface area contributed by atoms with Crippen LogP contribution in [0.25, 0.3) is 20.7 Å². The van der Waals surface area contributed by atoms with Crippen molar-refractivity contribution in [1.82, 2.24) is 0 Å². The molecule has 228 valence electrons.